The van der Waals surface area contributed by atoms with E-state index in [1.54, 1.807) is 0 Å². The van der Waals surface area contributed by atoms with Crippen LogP contribution in [0.4, 0.5) is 10.5 Å². The Morgan fingerprint density at radius 3 is 2.70 bits per heavy atom. The van der Waals surface area contributed by atoms with Gasteiger partial charge in [0.2, 0.25) is 0 Å². The van der Waals surface area contributed by atoms with Gasteiger partial charge in [-0.3, -0.25) is 0 Å². The Morgan fingerprint density at radius 1 is 1.05 bits per heavy atom. The summed E-state index contributed by atoms with van der Waals surface area (Å²) in [5.74, 6) is 0. The molecule has 1 aliphatic heterocycles. The number of anilines is 1. The highest BCUT2D eigenvalue weighted by Crippen LogP contribution is 2.23. The molecule has 0 bridgehead atoms. The molecule has 0 aromatic heterocycles. The number of nitrogens with one attached hydrogen (secondary N) is 2. The maximum Gasteiger partial charge on any atom is 0.319 e. The van der Waals surface area contributed by atoms with Gasteiger partial charge in [-0.05, 0) is 28.8 Å². The number of fused-ring (bicyclic) bond motifs is 1. The van der Waals surface area contributed by atoms with Gasteiger partial charge in [-0.25, -0.2) is 4.79 Å². The van der Waals surface area contributed by atoms with Gasteiger partial charge in [0.25, 0.3) is 0 Å². The fourth-order valence-corrected chi connectivity index (χ4v) is 2.20. The number of rotatable bonds is 3. The molecular weight excluding hydrogens is 252 g/mol. The summed E-state index contributed by atoms with van der Waals surface area (Å²) in [6.45, 7) is 1.80. The largest absolute Gasteiger partial charge is 0.372 e. The number of carbonyl (C=O) groups excluding carboxylic acids is 1. The van der Waals surface area contributed by atoms with E-state index in [9.17, 15) is 4.79 Å². The molecule has 3 rings (SSSR count). The predicted octanol–water partition coefficient (Wildman–Crippen LogP) is 3.04. The van der Waals surface area contributed by atoms with Crippen LogP contribution in [0.5, 0.6) is 0 Å². The molecule has 0 radical (unpaired) electrons. The van der Waals surface area contributed by atoms with Crippen LogP contribution in [-0.4, -0.2) is 6.03 Å². The second kappa shape index (κ2) is 5.75. The van der Waals surface area contributed by atoms with Crippen LogP contribution in [0, 0.1) is 0 Å². The number of carbonyl (C=O) groups is 1. The maximum absolute atomic E-state index is 11.8. The Hall–Kier alpha value is -2.33. The van der Waals surface area contributed by atoms with Crippen LogP contribution < -0.4 is 10.6 Å². The van der Waals surface area contributed by atoms with Crippen molar-refractivity contribution in [1.29, 1.82) is 0 Å². The lowest BCUT2D eigenvalue weighted by Gasteiger charge is -2.08. The number of amides is 2. The first kappa shape index (κ1) is 12.7. The quantitative estimate of drug-likeness (QED) is 0.899. The summed E-state index contributed by atoms with van der Waals surface area (Å²) >= 11 is 0. The molecule has 0 unspecified atom stereocenters. The average molecular weight is 268 g/mol. The molecule has 2 amide bonds. The summed E-state index contributed by atoms with van der Waals surface area (Å²) in [7, 11) is 0. The molecule has 20 heavy (non-hydrogen) atoms. The fourth-order valence-electron chi connectivity index (χ4n) is 2.20. The van der Waals surface area contributed by atoms with Crippen molar-refractivity contribution in [2.75, 3.05) is 5.32 Å². The fraction of sp³-hybridized carbons (Fsp3) is 0.188. The van der Waals surface area contributed by atoms with Gasteiger partial charge in [-0.15, -0.1) is 0 Å². The van der Waals surface area contributed by atoms with E-state index in [1.807, 2.05) is 48.5 Å². The van der Waals surface area contributed by atoms with Gasteiger partial charge in [0.05, 0.1) is 13.2 Å². The molecule has 4 heteroatoms. The third-order valence-electron chi connectivity index (χ3n) is 3.28. The summed E-state index contributed by atoms with van der Waals surface area (Å²) in [4.78, 5) is 11.8. The van der Waals surface area contributed by atoms with Gasteiger partial charge in [0.1, 0.15) is 0 Å². The van der Waals surface area contributed by atoms with E-state index in [0.717, 1.165) is 16.8 Å². The average Bonchev–Trinajstić information content (AvgIpc) is 2.94. The first-order chi connectivity index (χ1) is 9.81. The molecule has 0 saturated heterocycles. The smallest absolute Gasteiger partial charge is 0.319 e. The SMILES string of the molecule is O=C(NCc1ccccc1)Nc1ccc2c(c1)COC2. The molecule has 1 aliphatic rings. The summed E-state index contributed by atoms with van der Waals surface area (Å²) < 4.78 is 5.35. The lowest BCUT2D eigenvalue weighted by molar-refractivity contribution is 0.134. The highest BCUT2D eigenvalue weighted by molar-refractivity contribution is 5.89. The summed E-state index contributed by atoms with van der Waals surface area (Å²) in [5.41, 5.74) is 4.20. The predicted molar refractivity (Wildman–Crippen MR) is 77.2 cm³/mol. The van der Waals surface area contributed by atoms with Gasteiger partial charge in [0.15, 0.2) is 0 Å². The van der Waals surface area contributed by atoms with Gasteiger partial charge in [0, 0.05) is 12.2 Å². The molecule has 0 spiro atoms. The molecule has 1 heterocycles. The van der Waals surface area contributed by atoms with Crippen molar-refractivity contribution in [2.45, 2.75) is 19.8 Å². The van der Waals surface area contributed by atoms with Crippen molar-refractivity contribution in [3.63, 3.8) is 0 Å². The first-order valence-corrected chi connectivity index (χ1v) is 6.59. The van der Waals surface area contributed by atoms with E-state index in [-0.39, 0.29) is 6.03 Å². The zero-order valence-corrected chi connectivity index (χ0v) is 11.1. The second-order valence-corrected chi connectivity index (χ2v) is 4.77. The Labute approximate surface area is 117 Å². The lowest BCUT2D eigenvalue weighted by atomic mass is 10.1. The number of ether oxygens (including phenoxy) is 1. The van der Waals surface area contributed by atoms with Crippen LogP contribution in [0.2, 0.25) is 0 Å². The van der Waals surface area contributed by atoms with E-state index in [1.165, 1.54) is 5.56 Å². The lowest BCUT2D eigenvalue weighted by Crippen LogP contribution is -2.28. The molecule has 102 valence electrons. The number of urea groups is 1. The van der Waals surface area contributed by atoms with Gasteiger partial charge in [-0.1, -0.05) is 36.4 Å². The summed E-state index contributed by atoms with van der Waals surface area (Å²) in [6, 6.07) is 15.5. The van der Waals surface area contributed by atoms with Crippen LogP contribution in [0.1, 0.15) is 16.7 Å². The Balaban J connectivity index is 1.56. The van der Waals surface area contributed by atoms with Gasteiger partial charge < -0.3 is 15.4 Å². The molecule has 2 aromatic carbocycles. The standard InChI is InChI=1S/C16H16N2O2/c19-16(17-9-12-4-2-1-3-5-12)18-15-7-6-13-10-20-11-14(13)8-15/h1-8H,9-11H2,(H2,17,18,19). The van der Waals surface area contributed by atoms with Gasteiger partial charge >= 0.3 is 6.03 Å². The monoisotopic (exact) mass is 268 g/mol. The molecule has 2 aromatic rings. The minimum Gasteiger partial charge on any atom is -0.372 e. The number of hydrogen-bond acceptors (Lipinski definition) is 2. The topological polar surface area (TPSA) is 50.4 Å². The van der Waals surface area contributed by atoms with E-state index in [4.69, 9.17) is 4.74 Å². The third kappa shape index (κ3) is 2.97. The van der Waals surface area contributed by atoms with E-state index >= 15 is 0 Å². The van der Waals surface area contributed by atoms with Crippen molar-refractivity contribution < 1.29 is 9.53 Å². The minimum absolute atomic E-state index is 0.201. The van der Waals surface area contributed by atoms with Gasteiger partial charge in [-0.2, -0.15) is 0 Å². The molecular formula is C16H16N2O2. The van der Waals surface area contributed by atoms with Crippen LogP contribution in [0.25, 0.3) is 0 Å². The van der Waals surface area contributed by atoms with E-state index in [0.29, 0.717) is 19.8 Å². The molecule has 0 atom stereocenters. The summed E-state index contributed by atoms with van der Waals surface area (Å²) in [5, 5.41) is 5.67. The zero-order chi connectivity index (χ0) is 13.8. The van der Waals surface area contributed by atoms with Crippen LogP contribution >= 0.6 is 0 Å². The van der Waals surface area contributed by atoms with Crippen molar-refractivity contribution in [2.24, 2.45) is 0 Å². The van der Waals surface area contributed by atoms with Crippen LogP contribution in [0.3, 0.4) is 0 Å². The maximum atomic E-state index is 11.8. The molecule has 0 fully saturated rings. The normalized spacial score (nSPS) is 12.8. The molecule has 0 saturated carbocycles. The highest BCUT2D eigenvalue weighted by Gasteiger charge is 2.11. The Kier molecular flexibility index (Phi) is 3.65. The van der Waals surface area contributed by atoms with Crippen LogP contribution in [-0.2, 0) is 24.5 Å². The van der Waals surface area contributed by atoms with E-state index in [2.05, 4.69) is 10.6 Å². The van der Waals surface area contributed by atoms with Crippen LogP contribution in [0.15, 0.2) is 48.5 Å². The molecule has 0 aliphatic carbocycles. The molecule has 4 nitrogen and oxygen atoms in total. The molecule has 2 N–H and O–H groups in total. The second-order valence-electron chi connectivity index (χ2n) is 4.77. The minimum atomic E-state index is -0.201. The Bertz CT molecular complexity index is 611. The number of benzene rings is 2. The first-order valence-electron chi connectivity index (χ1n) is 6.59. The highest BCUT2D eigenvalue weighted by atomic mass is 16.5. The third-order valence-corrected chi connectivity index (χ3v) is 3.28. The van der Waals surface area contributed by atoms with Crippen molar-refractivity contribution in [3.05, 3.63) is 65.2 Å². The zero-order valence-electron chi connectivity index (χ0n) is 11.1. The number of hydrogen-bond donors (Lipinski definition) is 2. The van der Waals surface area contributed by atoms with Crippen molar-refractivity contribution in [1.82, 2.24) is 5.32 Å². The summed E-state index contributed by atoms with van der Waals surface area (Å²) in [6.07, 6.45) is 0. The van der Waals surface area contributed by atoms with Crippen molar-refractivity contribution >= 4 is 11.7 Å². The van der Waals surface area contributed by atoms with E-state index < -0.39 is 0 Å². The Morgan fingerprint density at radius 2 is 1.85 bits per heavy atom. The van der Waals surface area contributed by atoms with Crippen molar-refractivity contribution in [3.8, 4) is 0 Å².